The number of benzene rings is 2. The monoisotopic (exact) mass is 446 g/mol. The number of fused-ring (bicyclic) bond motifs is 1. The molecule has 0 bridgehead atoms. The van der Waals surface area contributed by atoms with Crippen LogP contribution in [0.3, 0.4) is 0 Å². The summed E-state index contributed by atoms with van der Waals surface area (Å²) in [5, 5.41) is 12.3. The minimum absolute atomic E-state index is 0.0394. The first-order chi connectivity index (χ1) is 14.3. The number of halogens is 1. The number of nitrogens with zero attached hydrogens (tertiary/aromatic N) is 4. The average molecular weight is 447 g/mol. The predicted molar refractivity (Wildman–Crippen MR) is 122 cm³/mol. The Labute approximate surface area is 184 Å². The molecule has 1 heterocycles. The van der Waals surface area contributed by atoms with Crippen LogP contribution in [-0.2, 0) is 0 Å². The van der Waals surface area contributed by atoms with Gasteiger partial charge in [0.15, 0.2) is 5.13 Å². The molecule has 0 aliphatic rings. The molecule has 0 radical (unpaired) electrons. The van der Waals surface area contributed by atoms with Crippen LogP contribution in [0.4, 0.5) is 10.8 Å². The maximum Gasteiger partial charge on any atom is 0.282 e. The zero-order chi connectivity index (χ0) is 21.8. The summed E-state index contributed by atoms with van der Waals surface area (Å²) >= 11 is 7.46. The van der Waals surface area contributed by atoms with Crippen molar-refractivity contribution in [3.8, 4) is 0 Å². The van der Waals surface area contributed by atoms with Crippen molar-refractivity contribution in [3.05, 3.63) is 62.7 Å². The van der Waals surface area contributed by atoms with Gasteiger partial charge in [-0.25, -0.2) is 4.98 Å². The molecule has 0 aliphatic carbocycles. The molecule has 7 nitrogen and oxygen atoms in total. The van der Waals surface area contributed by atoms with E-state index in [0.717, 1.165) is 28.9 Å². The van der Waals surface area contributed by atoms with Crippen LogP contribution in [0.1, 0.15) is 29.8 Å². The van der Waals surface area contributed by atoms with Crippen molar-refractivity contribution in [2.45, 2.75) is 20.8 Å². The van der Waals surface area contributed by atoms with Gasteiger partial charge in [0.1, 0.15) is 5.56 Å². The number of amides is 1. The lowest BCUT2D eigenvalue weighted by Crippen LogP contribution is -2.39. The molecule has 0 saturated carbocycles. The summed E-state index contributed by atoms with van der Waals surface area (Å²) in [6, 6.07) is 9.93. The molecule has 0 unspecified atom stereocenters. The summed E-state index contributed by atoms with van der Waals surface area (Å²) in [6.07, 6.45) is 0. The smallest absolute Gasteiger partial charge is 0.282 e. The predicted octanol–water partition coefficient (Wildman–Crippen LogP) is 5.15. The van der Waals surface area contributed by atoms with Crippen LogP contribution in [0.15, 0.2) is 36.4 Å². The molecule has 9 heteroatoms. The minimum atomic E-state index is -0.562. The second-order valence-electron chi connectivity index (χ2n) is 6.87. The Morgan fingerprint density at radius 1 is 1.17 bits per heavy atom. The van der Waals surface area contributed by atoms with Gasteiger partial charge in [0.25, 0.3) is 11.6 Å². The summed E-state index contributed by atoms with van der Waals surface area (Å²) in [4.78, 5) is 32.7. The molecule has 3 rings (SSSR count). The normalized spacial score (nSPS) is 11.2. The number of hydrogen-bond donors (Lipinski definition) is 0. The third-order valence-electron chi connectivity index (χ3n) is 4.93. The standard InChI is InChI=1S/C21H23ClN4O3S/c1-4-24(5-2)10-11-25(21-23-17-8-6-14(3)12-19(17)30-21)20(27)16-13-15(22)7-9-18(16)26(28)29/h6-9,12-13H,4-5,10-11H2,1-3H3. The first-order valence-corrected chi connectivity index (χ1v) is 10.9. The van der Waals surface area contributed by atoms with Gasteiger partial charge in [-0.1, -0.05) is 42.9 Å². The summed E-state index contributed by atoms with van der Waals surface area (Å²) in [5.74, 6) is -0.480. The number of nitro benzene ring substituents is 1. The highest BCUT2D eigenvalue weighted by molar-refractivity contribution is 7.22. The van der Waals surface area contributed by atoms with E-state index in [1.54, 1.807) is 0 Å². The van der Waals surface area contributed by atoms with Crippen molar-refractivity contribution < 1.29 is 9.72 Å². The highest BCUT2D eigenvalue weighted by Crippen LogP contribution is 2.32. The van der Waals surface area contributed by atoms with Gasteiger partial charge in [-0.15, -0.1) is 0 Å². The third kappa shape index (κ3) is 4.77. The van der Waals surface area contributed by atoms with Crippen LogP contribution in [0.25, 0.3) is 10.2 Å². The van der Waals surface area contributed by atoms with Gasteiger partial charge >= 0.3 is 0 Å². The van der Waals surface area contributed by atoms with Crippen molar-refractivity contribution in [2.75, 3.05) is 31.1 Å². The molecular weight excluding hydrogens is 424 g/mol. The van der Waals surface area contributed by atoms with Gasteiger partial charge in [-0.3, -0.25) is 19.8 Å². The highest BCUT2D eigenvalue weighted by atomic mass is 35.5. The molecule has 0 saturated heterocycles. The zero-order valence-electron chi connectivity index (χ0n) is 17.1. The average Bonchev–Trinajstić information content (AvgIpc) is 3.13. The number of carbonyl (C=O) groups excluding carboxylic acids is 1. The van der Waals surface area contributed by atoms with Crippen molar-refractivity contribution in [2.24, 2.45) is 0 Å². The van der Waals surface area contributed by atoms with Crippen LogP contribution >= 0.6 is 22.9 Å². The van der Waals surface area contributed by atoms with E-state index in [1.165, 1.54) is 34.4 Å². The molecule has 1 amide bonds. The third-order valence-corrected chi connectivity index (χ3v) is 6.20. The largest absolute Gasteiger partial charge is 0.302 e. The number of aromatic nitrogens is 1. The maximum atomic E-state index is 13.5. The Kier molecular flexibility index (Phi) is 7.02. The molecule has 0 spiro atoms. The fraction of sp³-hybridized carbons (Fsp3) is 0.333. The lowest BCUT2D eigenvalue weighted by atomic mass is 10.1. The second-order valence-corrected chi connectivity index (χ2v) is 8.32. The van der Waals surface area contributed by atoms with E-state index in [-0.39, 0.29) is 16.3 Å². The van der Waals surface area contributed by atoms with E-state index < -0.39 is 10.8 Å². The Morgan fingerprint density at radius 2 is 1.90 bits per heavy atom. The first-order valence-electron chi connectivity index (χ1n) is 9.69. The van der Waals surface area contributed by atoms with E-state index in [2.05, 4.69) is 23.7 Å². The van der Waals surface area contributed by atoms with Gasteiger partial charge < -0.3 is 4.90 Å². The van der Waals surface area contributed by atoms with Crippen molar-refractivity contribution >= 4 is 49.9 Å². The Morgan fingerprint density at radius 3 is 2.57 bits per heavy atom. The number of likely N-dealkylation sites (N-methyl/N-ethyl adjacent to an activating group) is 1. The number of rotatable bonds is 8. The van der Waals surface area contributed by atoms with E-state index in [0.29, 0.717) is 18.2 Å². The molecule has 30 heavy (non-hydrogen) atoms. The summed E-state index contributed by atoms with van der Waals surface area (Å²) in [6.45, 7) is 8.78. The fourth-order valence-electron chi connectivity index (χ4n) is 3.18. The zero-order valence-corrected chi connectivity index (χ0v) is 18.7. The summed E-state index contributed by atoms with van der Waals surface area (Å²) in [5.41, 5.74) is 1.59. The highest BCUT2D eigenvalue weighted by Gasteiger charge is 2.28. The quantitative estimate of drug-likeness (QED) is 0.353. The first kappa shape index (κ1) is 22.1. The van der Waals surface area contributed by atoms with Crippen LogP contribution in [0, 0.1) is 17.0 Å². The molecule has 0 atom stereocenters. The molecule has 3 aromatic rings. The maximum absolute atomic E-state index is 13.5. The van der Waals surface area contributed by atoms with E-state index in [4.69, 9.17) is 11.6 Å². The molecule has 158 valence electrons. The van der Waals surface area contributed by atoms with Crippen molar-refractivity contribution in [1.82, 2.24) is 9.88 Å². The van der Waals surface area contributed by atoms with E-state index >= 15 is 0 Å². The number of aryl methyl sites for hydroxylation is 1. The topological polar surface area (TPSA) is 79.6 Å². The Hall–Kier alpha value is -2.55. The van der Waals surface area contributed by atoms with Crippen LogP contribution in [0.2, 0.25) is 5.02 Å². The number of carbonyl (C=O) groups is 1. The van der Waals surface area contributed by atoms with Gasteiger partial charge in [0, 0.05) is 24.2 Å². The molecular formula is C21H23ClN4O3S. The van der Waals surface area contributed by atoms with E-state index in [1.807, 2.05) is 25.1 Å². The Balaban J connectivity index is 2.05. The molecule has 0 aliphatic heterocycles. The minimum Gasteiger partial charge on any atom is -0.302 e. The SMILES string of the molecule is CCN(CC)CCN(C(=O)c1cc(Cl)ccc1[N+](=O)[O-])c1nc2ccc(C)cc2s1. The molecule has 0 fully saturated rings. The summed E-state index contributed by atoms with van der Waals surface area (Å²) < 4.78 is 0.964. The van der Waals surface area contributed by atoms with E-state index in [9.17, 15) is 14.9 Å². The van der Waals surface area contributed by atoms with Gasteiger partial charge in [-0.2, -0.15) is 0 Å². The number of nitro groups is 1. The van der Waals surface area contributed by atoms with Crippen LogP contribution < -0.4 is 4.90 Å². The van der Waals surface area contributed by atoms with Gasteiger partial charge in [0.2, 0.25) is 0 Å². The number of hydrogen-bond acceptors (Lipinski definition) is 6. The van der Waals surface area contributed by atoms with Crippen molar-refractivity contribution in [1.29, 1.82) is 0 Å². The molecule has 1 aromatic heterocycles. The Bertz CT molecular complexity index is 1080. The van der Waals surface area contributed by atoms with Crippen LogP contribution in [0.5, 0.6) is 0 Å². The summed E-state index contributed by atoms with van der Waals surface area (Å²) in [7, 11) is 0. The lowest BCUT2D eigenvalue weighted by molar-refractivity contribution is -0.385. The van der Waals surface area contributed by atoms with Gasteiger partial charge in [0.05, 0.1) is 15.1 Å². The lowest BCUT2D eigenvalue weighted by Gasteiger charge is -2.24. The van der Waals surface area contributed by atoms with Gasteiger partial charge in [-0.05, 0) is 49.8 Å². The number of thiazole rings is 1. The van der Waals surface area contributed by atoms with Crippen LogP contribution in [-0.4, -0.2) is 46.9 Å². The van der Waals surface area contributed by atoms with Crippen molar-refractivity contribution in [3.63, 3.8) is 0 Å². The molecule has 0 N–H and O–H groups in total. The second kappa shape index (κ2) is 9.51. The fourth-order valence-corrected chi connectivity index (χ4v) is 4.44. The number of anilines is 1. The molecule has 2 aromatic carbocycles.